The molecule has 0 bridgehead atoms. The number of carbonyl (C=O) groups excluding carboxylic acids is 1. The highest BCUT2D eigenvalue weighted by Gasteiger charge is 2.33. The van der Waals surface area contributed by atoms with Crippen LogP contribution in [0.25, 0.3) is 0 Å². The molecule has 0 aliphatic carbocycles. The quantitative estimate of drug-likeness (QED) is 0.846. The summed E-state index contributed by atoms with van der Waals surface area (Å²) >= 11 is 0. The fraction of sp³-hybridized carbons (Fsp3) is 0.353. The molecule has 1 unspecified atom stereocenters. The summed E-state index contributed by atoms with van der Waals surface area (Å²) in [5, 5.41) is 2.70. The lowest BCUT2D eigenvalue weighted by molar-refractivity contribution is -0.118. The van der Waals surface area contributed by atoms with Crippen LogP contribution in [0.1, 0.15) is 12.2 Å². The van der Waals surface area contributed by atoms with Gasteiger partial charge in [-0.3, -0.25) is 9.69 Å². The van der Waals surface area contributed by atoms with Crippen LogP contribution in [0.3, 0.4) is 0 Å². The van der Waals surface area contributed by atoms with E-state index in [1.54, 1.807) is 12.1 Å². The van der Waals surface area contributed by atoms with Crippen molar-refractivity contribution >= 4 is 21.4 Å². The van der Waals surface area contributed by atoms with Gasteiger partial charge in [0.2, 0.25) is 5.91 Å². The van der Waals surface area contributed by atoms with E-state index in [9.17, 15) is 17.6 Å². The summed E-state index contributed by atoms with van der Waals surface area (Å²) in [6, 6.07) is 8.79. The van der Waals surface area contributed by atoms with Gasteiger partial charge in [-0.25, -0.2) is 12.8 Å². The number of anilines is 1. The Balaban J connectivity index is 1.68. The molecule has 1 saturated heterocycles. The van der Waals surface area contributed by atoms with E-state index in [0.29, 0.717) is 24.4 Å². The molecule has 1 aliphatic heterocycles. The minimum Gasteiger partial charge on any atom is -0.468 e. The van der Waals surface area contributed by atoms with Crippen LogP contribution in [0, 0.1) is 5.82 Å². The number of benzene rings is 1. The third-order valence-corrected chi connectivity index (χ3v) is 5.89. The van der Waals surface area contributed by atoms with E-state index in [1.807, 2.05) is 4.90 Å². The molecule has 2 heterocycles. The molecular formula is C17H19FN2O4S. The topological polar surface area (TPSA) is 79.6 Å². The minimum absolute atomic E-state index is 0.0261. The summed E-state index contributed by atoms with van der Waals surface area (Å²) in [5.74, 6) is 0.165. The maximum atomic E-state index is 12.9. The molecule has 134 valence electrons. The van der Waals surface area contributed by atoms with Gasteiger partial charge in [0.05, 0.1) is 30.9 Å². The molecule has 1 aromatic carbocycles. The number of carbonyl (C=O) groups is 1. The van der Waals surface area contributed by atoms with Crippen LogP contribution >= 0.6 is 0 Å². The molecule has 1 atom stereocenters. The van der Waals surface area contributed by atoms with Crippen LogP contribution in [0.15, 0.2) is 47.1 Å². The van der Waals surface area contributed by atoms with Crippen molar-refractivity contribution in [3.05, 3.63) is 54.2 Å². The summed E-state index contributed by atoms with van der Waals surface area (Å²) in [6.07, 6.45) is 2.03. The zero-order valence-corrected chi connectivity index (χ0v) is 14.3. The number of furan rings is 1. The molecule has 1 N–H and O–H groups in total. The lowest BCUT2D eigenvalue weighted by Crippen LogP contribution is -2.41. The molecule has 1 aromatic heterocycles. The highest BCUT2D eigenvalue weighted by Crippen LogP contribution is 2.20. The molecule has 3 rings (SSSR count). The molecule has 25 heavy (non-hydrogen) atoms. The predicted octanol–water partition coefficient (Wildman–Crippen LogP) is 2.05. The maximum absolute atomic E-state index is 12.9. The monoisotopic (exact) mass is 366 g/mol. The number of hydrogen-bond donors (Lipinski definition) is 1. The molecule has 6 nitrogen and oxygen atoms in total. The number of hydrogen-bond acceptors (Lipinski definition) is 5. The molecule has 0 radical (unpaired) electrons. The first-order chi connectivity index (χ1) is 11.9. The predicted molar refractivity (Wildman–Crippen MR) is 91.2 cm³/mol. The normalized spacial score (nSPS) is 19.2. The van der Waals surface area contributed by atoms with Crippen LogP contribution in [0.4, 0.5) is 10.1 Å². The number of amides is 1. The number of sulfone groups is 1. The highest BCUT2D eigenvalue weighted by atomic mass is 32.2. The van der Waals surface area contributed by atoms with Crippen molar-refractivity contribution in [1.82, 2.24) is 4.90 Å². The summed E-state index contributed by atoms with van der Waals surface area (Å²) < 4.78 is 41.8. The van der Waals surface area contributed by atoms with Gasteiger partial charge in [0.1, 0.15) is 11.6 Å². The van der Waals surface area contributed by atoms with Gasteiger partial charge in [-0.15, -0.1) is 0 Å². The lowest BCUT2D eigenvalue weighted by Gasteiger charge is -2.26. The number of nitrogens with one attached hydrogen (secondary N) is 1. The van der Waals surface area contributed by atoms with Crippen LogP contribution in [0.2, 0.25) is 0 Å². The van der Waals surface area contributed by atoms with Crippen molar-refractivity contribution in [3.8, 4) is 0 Å². The Hall–Kier alpha value is -2.19. The Kier molecular flexibility index (Phi) is 5.19. The Morgan fingerprint density at radius 3 is 2.64 bits per heavy atom. The average Bonchev–Trinajstić information content (AvgIpc) is 3.18. The molecule has 0 spiro atoms. The van der Waals surface area contributed by atoms with Gasteiger partial charge in [-0.2, -0.15) is 0 Å². The van der Waals surface area contributed by atoms with E-state index in [4.69, 9.17) is 4.42 Å². The van der Waals surface area contributed by atoms with Crippen LogP contribution in [-0.2, 0) is 21.2 Å². The van der Waals surface area contributed by atoms with E-state index in [-0.39, 0.29) is 35.8 Å². The molecule has 0 saturated carbocycles. The summed E-state index contributed by atoms with van der Waals surface area (Å²) in [6.45, 7) is 0.377. The van der Waals surface area contributed by atoms with Gasteiger partial charge in [0.25, 0.3) is 0 Å². The van der Waals surface area contributed by atoms with Crippen molar-refractivity contribution < 1.29 is 22.0 Å². The Morgan fingerprint density at radius 1 is 1.28 bits per heavy atom. The second kappa shape index (κ2) is 7.37. The molecule has 8 heteroatoms. The lowest BCUT2D eigenvalue weighted by atomic mass is 10.2. The summed E-state index contributed by atoms with van der Waals surface area (Å²) in [4.78, 5) is 14.1. The van der Waals surface area contributed by atoms with Gasteiger partial charge >= 0.3 is 0 Å². The molecule has 2 aromatic rings. The first-order valence-electron chi connectivity index (χ1n) is 7.93. The van der Waals surface area contributed by atoms with Crippen LogP contribution in [-0.4, -0.2) is 43.3 Å². The van der Waals surface area contributed by atoms with Crippen LogP contribution in [0.5, 0.6) is 0 Å². The zero-order valence-electron chi connectivity index (χ0n) is 13.5. The largest absolute Gasteiger partial charge is 0.468 e. The molecule has 1 amide bonds. The van der Waals surface area contributed by atoms with Gasteiger partial charge in [0.15, 0.2) is 9.84 Å². The standard InChI is InChI=1S/C17H19FN2O4S/c18-13-3-5-14(6-4-13)19-17(21)11-20(10-16-2-1-8-24-16)15-7-9-25(22,23)12-15/h1-6,8,15H,7,9-12H2,(H,19,21). The van der Waals surface area contributed by atoms with Crippen molar-refractivity contribution in [3.63, 3.8) is 0 Å². The fourth-order valence-corrected chi connectivity index (χ4v) is 4.66. The van der Waals surface area contributed by atoms with E-state index >= 15 is 0 Å². The van der Waals surface area contributed by atoms with Gasteiger partial charge in [-0.05, 0) is 42.8 Å². The SMILES string of the molecule is O=C(CN(Cc1ccco1)C1CCS(=O)(=O)C1)Nc1ccc(F)cc1. The molecule has 1 aliphatic rings. The first kappa shape index (κ1) is 17.6. The summed E-state index contributed by atoms with van der Waals surface area (Å²) in [7, 11) is -3.06. The number of rotatable bonds is 6. The van der Waals surface area contributed by atoms with Gasteiger partial charge in [-0.1, -0.05) is 0 Å². The Morgan fingerprint density at radius 2 is 2.04 bits per heavy atom. The third-order valence-electron chi connectivity index (χ3n) is 4.14. The maximum Gasteiger partial charge on any atom is 0.238 e. The van der Waals surface area contributed by atoms with E-state index in [0.717, 1.165) is 0 Å². The smallest absolute Gasteiger partial charge is 0.238 e. The van der Waals surface area contributed by atoms with E-state index < -0.39 is 9.84 Å². The zero-order chi connectivity index (χ0) is 17.9. The summed E-state index contributed by atoms with van der Waals surface area (Å²) in [5.41, 5.74) is 0.489. The van der Waals surface area contributed by atoms with Crippen molar-refractivity contribution in [2.24, 2.45) is 0 Å². The van der Waals surface area contributed by atoms with Gasteiger partial charge in [0, 0.05) is 11.7 Å². The second-order valence-corrected chi connectivity index (χ2v) is 8.32. The minimum atomic E-state index is -3.06. The van der Waals surface area contributed by atoms with E-state index in [2.05, 4.69) is 5.32 Å². The Bertz CT molecular complexity index is 819. The average molecular weight is 366 g/mol. The number of halogens is 1. The van der Waals surface area contributed by atoms with Crippen molar-refractivity contribution in [2.45, 2.75) is 19.0 Å². The van der Waals surface area contributed by atoms with Crippen LogP contribution < -0.4 is 5.32 Å². The third kappa shape index (κ3) is 4.90. The Labute approximate surface area is 145 Å². The fourth-order valence-electron chi connectivity index (χ4n) is 2.90. The second-order valence-electron chi connectivity index (χ2n) is 6.10. The first-order valence-corrected chi connectivity index (χ1v) is 9.76. The molecular weight excluding hydrogens is 347 g/mol. The number of nitrogens with zero attached hydrogens (tertiary/aromatic N) is 1. The van der Waals surface area contributed by atoms with E-state index in [1.165, 1.54) is 30.5 Å². The van der Waals surface area contributed by atoms with Gasteiger partial charge < -0.3 is 9.73 Å². The highest BCUT2D eigenvalue weighted by molar-refractivity contribution is 7.91. The molecule has 1 fully saturated rings. The van der Waals surface area contributed by atoms with Crippen molar-refractivity contribution in [1.29, 1.82) is 0 Å². The van der Waals surface area contributed by atoms with Crippen molar-refractivity contribution in [2.75, 3.05) is 23.4 Å².